The number of hydrogen-bond acceptors (Lipinski definition) is 1. The highest BCUT2D eigenvalue weighted by molar-refractivity contribution is 6.15. The molecule has 0 saturated carbocycles. The Morgan fingerprint density at radius 1 is 0.436 bits per heavy atom. The van der Waals surface area contributed by atoms with Crippen molar-refractivity contribution < 1.29 is 0 Å². The van der Waals surface area contributed by atoms with Gasteiger partial charge in [-0.2, -0.15) is 5.26 Å². The van der Waals surface area contributed by atoms with E-state index in [1.54, 1.807) is 0 Å². The van der Waals surface area contributed by atoms with Crippen molar-refractivity contribution in [2.45, 2.75) is 0 Å². The molecule has 8 aromatic carbocycles. The van der Waals surface area contributed by atoms with Crippen molar-refractivity contribution in [3.63, 3.8) is 0 Å². The molecule has 55 heavy (non-hydrogen) atoms. The predicted molar refractivity (Wildman–Crippen MR) is 226 cm³/mol. The van der Waals surface area contributed by atoms with E-state index in [0.717, 1.165) is 72.1 Å². The molecule has 0 atom stereocenters. The van der Waals surface area contributed by atoms with Gasteiger partial charge in [0, 0.05) is 43.7 Å². The highest BCUT2D eigenvalue weighted by Gasteiger charge is 2.21. The van der Waals surface area contributed by atoms with E-state index in [0.29, 0.717) is 11.3 Å². The third-order valence-electron chi connectivity index (χ3n) is 11.1. The molecule has 5 nitrogen and oxygen atoms in total. The van der Waals surface area contributed by atoms with Crippen molar-refractivity contribution in [1.29, 1.82) is 5.26 Å². The molecule has 3 heterocycles. The second-order valence-electron chi connectivity index (χ2n) is 14.0. The van der Waals surface area contributed by atoms with E-state index < -0.39 is 0 Å². The quantitative estimate of drug-likeness (QED) is 0.169. The van der Waals surface area contributed by atoms with Gasteiger partial charge in [-0.25, -0.2) is 4.85 Å². The number of aromatic nitrogens is 3. The average Bonchev–Trinajstić information content (AvgIpc) is 3.89. The molecule has 11 rings (SSSR count). The van der Waals surface area contributed by atoms with Crippen LogP contribution in [0.1, 0.15) is 5.56 Å². The van der Waals surface area contributed by atoms with Gasteiger partial charge in [0.15, 0.2) is 5.69 Å². The van der Waals surface area contributed by atoms with Crippen LogP contribution in [0.5, 0.6) is 0 Å². The Bertz CT molecular complexity index is 3400. The number of nitrogens with zero attached hydrogens (tertiary/aromatic N) is 5. The lowest BCUT2D eigenvalue weighted by molar-refractivity contribution is 1.13. The van der Waals surface area contributed by atoms with E-state index in [4.69, 9.17) is 6.57 Å². The number of rotatable bonds is 4. The summed E-state index contributed by atoms with van der Waals surface area (Å²) in [5, 5.41) is 16.7. The molecule has 5 heteroatoms. The molecule has 0 spiro atoms. The van der Waals surface area contributed by atoms with Crippen LogP contribution >= 0.6 is 0 Å². The molecule has 0 saturated heterocycles. The molecule has 254 valence electrons. The van der Waals surface area contributed by atoms with Gasteiger partial charge in [0.05, 0.1) is 57.0 Å². The Kier molecular flexibility index (Phi) is 6.61. The van der Waals surface area contributed by atoms with Gasteiger partial charge >= 0.3 is 0 Å². The molecule has 11 aromatic rings. The summed E-state index contributed by atoms with van der Waals surface area (Å²) in [6.07, 6.45) is 0. The summed E-state index contributed by atoms with van der Waals surface area (Å²) in [5.74, 6) is 0. The van der Waals surface area contributed by atoms with Crippen LogP contribution in [0.4, 0.5) is 5.69 Å². The molecular formula is C50H29N5. The first-order chi connectivity index (χ1) is 27.2. The minimum absolute atomic E-state index is 0.593. The molecule has 0 aliphatic carbocycles. The van der Waals surface area contributed by atoms with Crippen molar-refractivity contribution in [2.75, 3.05) is 0 Å². The first kappa shape index (κ1) is 30.7. The van der Waals surface area contributed by atoms with Crippen LogP contribution in [-0.4, -0.2) is 13.7 Å². The van der Waals surface area contributed by atoms with Gasteiger partial charge in [-0.05, 0) is 77.9 Å². The molecular weight excluding hydrogens is 671 g/mol. The molecule has 0 N–H and O–H groups in total. The summed E-state index contributed by atoms with van der Waals surface area (Å²) >= 11 is 0. The molecule has 0 aliphatic heterocycles. The van der Waals surface area contributed by atoms with Crippen molar-refractivity contribution in [2.24, 2.45) is 0 Å². The van der Waals surface area contributed by atoms with Crippen molar-refractivity contribution in [3.8, 4) is 34.3 Å². The lowest BCUT2D eigenvalue weighted by Gasteiger charge is -2.16. The van der Waals surface area contributed by atoms with Gasteiger partial charge in [0.2, 0.25) is 0 Å². The van der Waals surface area contributed by atoms with Gasteiger partial charge in [0.25, 0.3) is 0 Å². The Labute approximate surface area is 316 Å². The van der Waals surface area contributed by atoms with Crippen molar-refractivity contribution >= 4 is 71.1 Å². The van der Waals surface area contributed by atoms with Gasteiger partial charge in [-0.3, -0.25) is 0 Å². The summed E-state index contributed by atoms with van der Waals surface area (Å²) in [5.41, 5.74) is 12.7. The monoisotopic (exact) mass is 699 g/mol. The number of fused-ring (bicyclic) bond motifs is 9. The molecule has 0 amide bonds. The maximum absolute atomic E-state index is 9.71. The van der Waals surface area contributed by atoms with Crippen molar-refractivity contribution in [1.82, 2.24) is 13.7 Å². The van der Waals surface area contributed by atoms with E-state index in [2.05, 4.69) is 170 Å². The first-order valence-electron chi connectivity index (χ1n) is 18.3. The Balaban J connectivity index is 1.13. The van der Waals surface area contributed by atoms with Gasteiger partial charge in [-0.1, -0.05) is 109 Å². The van der Waals surface area contributed by atoms with Crippen LogP contribution in [0.25, 0.3) is 98.5 Å². The molecule has 0 unspecified atom stereocenters. The summed E-state index contributed by atoms with van der Waals surface area (Å²) in [6.45, 7) is 8.18. The Morgan fingerprint density at radius 3 is 1.58 bits per heavy atom. The number of nitriles is 1. The van der Waals surface area contributed by atoms with Crippen LogP contribution in [0, 0.1) is 17.9 Å². The Morgan fingerprint density at radius 2 is 0.964 bits per heavy atom. The zero-order chi connectivity index (χ0) is 36.6. The topological polar surface area (TPSA) is 42.9 Å². The molecule has 0 fully saturated rings. The van der Waals surface area contributed by atoms with E-state index in [1.807, 2.05) is 30.3 Å². The Hall–Kier alpha value is -7.86. The smallest absolute Gasteiger partial charge is 0.195 e. The van der Waals surface area contributed by atoms with Crippen LogP contribution in [0.2, 0.25) is 0 Å². The maximum Gasteiger partial charge on any atom is 0.195 e. The zero-order valence-corrected chi connectivity index (χ0v) is 29.5. The highest BCUT2D eigenvalue weighted by atomic mass is 15.1. The molecule has 3 aromatic heterocycles. The van der Waals surface area contributed by atoms with Gasteiger partial charge < -0.3 is 13.7 Å². The average molecular weight is 700 g/mol. The third-order valence-corrected chi connectivity index (χ3v) is 11.1. The maximum atomic E-state index is 9.71. The fourth-order valence-corrected chi connectivity index (χ4v) is 8.73. The van der Waals surface area contributed by atoms with Crippen LogP contribution in [0.3, 0.4) is 0 Å². The lowest BCUT2D eigenvalue weighted by atomic mass is 10.0. The van der Waals surface area contributed by atoms with E-state index in [9.17, 15) is 5.26 Å². The van der Waals surface area contributed by atoms with Gasteiger partial charge in [0.1, 0.15) is 0 Å². The summed E-state index contributed by atoms with van der Waals surface area (Å²) in [6, 6.07) is 63.6. The summed E-state index contributed by atoms with van der Waals surface area (Å²) < 4.78 is 6.97. The van der Waals surface area contributed by atoms with Crippen LogP contribution in [-0.2, 0) is 0 Å². The number of para-hydroxylation sites is 5. The molecule has 0 bridgehead atoms. The van der Waals surface area contributed by atoms with Crippen LogP contribution in [0.15, 0.2) is 176 Å². The number of benzene rings is 8. The highest BCUT2D eigenvalue weighted by Crippen LogP contribution is 2.42. The largest absolute Gasteiger partial charge is 0.309 e. The standard InChI is InChI=1S/C50H29N5/c1-52-43-28-26-35(30-42(43)33-22-24-34(25-23-33)53-44-16-6-2-13-38(44)40-27-21-32(31-51)29-49(40)53)54-45-17-7-5-14-39(45)41-15-10-20-48(50(41)54)55-46-18-8-3-11-36(46)37-12-4-9-19-47(37)55/h2-30H. The fraction of sp³-hybridized carbons (Fsp3) is 0. The molecule has 0 radical (unpaired) electrons. The molecule has 0 aliphatic rings. The summed E-state index contributed by atoms with van der Waals surface area (Å²) in [4.78, 5) is 3.99. The zero-order valence-electron chi connectivity index (χ0n) is 29.5. The second-order valence-corrected chi connectivity index (χ2v) is 14.0. The second kappa shape index (κ2) is 11.8. The SMILES string of the molecule is [C-]#[N+]c1ccc(-n2c3ccccc3c3cccc(-n4c5ccccc5c5ccccc54)c32)cc1-c1ccc(-n2c3ccccc3c3ccc(C#N)cc32)cc1. The van der Waals surface area contributed by atoms with Crippen molar-refractivity contribution in [3.05, 3.63) is 193 Å². The summed E-state index contributed by atoms with van der Waals surface area (Å²) in [7, 11) is 0. The van der Waals surface area contributed by atoms with E-state index in [1.165, 1.54) is 21.5 Å². The first-order valence-corrected chi connectivity index (χ1v) is 18.3. The van der Waals surface area contributed by atoms with Crippen LogP contribution < -0.4 is 0 Å². The lowest BCUT2D eigenvalue weighted by Crippen LogP contribution is -2.01. The minimum atomic E-state index is 0.593. The number of hydrogen-bond donors (Lipinski definition) is 0. The predicted octanol–water partition coefficient (Wildman–Crippen LogP) is 13.1. The van der Waals surface area contributed by atoms with E-state index in [-0.39, 0.29) is 0 Å². The van der Waals surface area contributed by atoms with Gasteiger partial charge in [-0.15, -0.1) is 0 Å². The minimum Gasteiger partial charge on any atom is -0.309 e. The third kappa shape index (κ3) is 4.45. The normalized spacial score (nSPS) is 11.6. The van der Waals surface area contributed by atoms with E-state index >= 15 is 0 Å². The fourth-order valence-electron chi connectivity index (χ4n) is 8.73.